The lowest BCUT2D eigenvalue weighted by Gasteiger charge is -2.28. The van der Waals surface area contributed by atoms with Gasteiger partial charge >= 0.3 is 0 Å². The lowest BCUT2D eigenvalue weighted by Crippen LogP contribution is -2.46. The molecule has 0 unspecified atom stereocenters. The summed E-state index contributed by atoms with van der Waals surface area (Å²) in [6, 6.07) is 8.48. The average Bonchev–Trinajstić information content (AvgIpc) is 3.05. The number of carbonyl (C=O) groups excluding carboxylic acids is 2. The van der Waals surface area contributed by atoms with Crippen LogP contribution in [0.15, 0.2) is 41.2 Å². The number of benzene rings is 1. The van der Waals surface area contributed by atoms with E-state index in [4.69, 9.17) is 0 Å². The fourth-order valence-corrected chi connectivity index (χ4v) is 3.06. The van der Waals surface area contributed by atoms with E-state index in [2.05, 4.69) is 15.5 Å². The summed E-state index contributed by atoms with van der Waals surface area (Å²) in [5.74, 6) is -0.754. The van der Waals surface area contributed by atoms with Crippen molar-refractivity contribution in [2.24, 2.45) is 0 Å². The lowest BCUT2D eigenvalue weighted by atomic mass is 10.0. The molecule has 8 heteroatoms. The van der Waals surface area contributed by atoms with Gasteiger partial charge in [-0.3, -0.25) is 14.4 Å². The number of aromatic amines is 1. The van der Waals surface area contributed by atoms with Crippen LogP contribution in [0.1, 0.15) is 28.9 Å². The van der Waals surface area contributed by atoms with E-state index in [0.717, 1.165) is 12.0 Å². The second-order valence-corrected chi connectivity index (χ2v) is 6.20. The molecule has 0 aliphatic carbocycles. The molecule has 1 aromatic heterocycles. The molecule has 2 amide bonds. The van der Waals surface area contributed by atoms with Crippen molar-refractivity contribution in [2.45, 2.75) is 25.3 Å². The number of aromatic nitrogens is 2. The van der Waals surface area contributed by atoms with E-state index in [1.54, 1.807) is 17.0 Å². The Bertz CT molecular complexity index is 847. The smallest absolute Gasteiger partial charge is 0.271 e. The molecule has 2 N–H and O–H groups in total. The molecule has 1 aliphatic rings. The molecule has 1 fully saturated rings. The SMILES string of the molecule is O=C(NC[C@H](Cc1cccc(F)c1)N1CCCC1=O)c1ccc(=O)[nH]n1. The largest absolute Gasteiger partial charge is 0.349 e. The van der Waals surface area contributed by atoms with Crippen LogP contribution < -0.4 is 10.9 Å². The zero-order chi connectivity index (χ0) is 18.5. The van der Waals surface area contributed by atoms with Crippen LogP contribution in [0.25, 0.3) is 0 Å². The summed E-state index contributed by atoms with van der Waals surface area (Å²) in [6.07, 6.45) is 1.69. The van der Waals surface area contributed by atoms with Crippen LogP contribution in [-0.4, -0.2) is 46.0 Å². The van der Waals surface area contributed by atoms with Gasteiger partial charge in [0.2, 0.25) is 5.91 Å². The van der Waals surface area contributed by atoms with Gasteiger partial charge in [0.05, 0.1) is 6.04 Å². The van der Waals surface area contributed by atoms with Crippen molar-refractivity contribution < 1.29 is 14.0 Å². The van der Waals surface area contributed by atoms with Crippen LogP contribution in [0.2, 0.25) is 0 Å². The van der Waals surface area contributed by atoms with Crippen LogP contribution in [0, 0.1) is 5.82 Å². The molecule has 1 saturated heterocycles. The van der Waals surface area contributed by atoms with Gasteiger partial charge in [0.25, 0.3) is 11.5 Å². The Morgan fingerprint density at radius 1 is 1.31 bits per heavy atom. The van der Waals surface area contributed by atoms with Gasteiger partial charge in [0, 0.05) is 25.6 Å². The van der Waals surface area contributed by atoms with Crippen molar-refractivity contribution in [2.75, 3.05) is 13.1 Å². The minimum atomic E-state index is -0.447. The van der Waals surface area contributed by atoms with E-state index < -0.39 is 11.5 Å². The Balaban J connectivity index is 1.70. The number of hydrogen-bond acceptors (Lipinski definition) is 4. The standard InChI is InChI=1S/C18H19FN4O3/c19-13-4-1-3-12(9-13)10-14(23-8-2-5-17(23)25)11-20-18(26)15-6-7-16(24)22-21-15/h1,3-4,6-7,9,14H,2,5,8,10-11H2,(H,20,26)(H,22,24)/t14-/m0/s1. The molecular formula is C18H19FN4O3. The Morgan fingerprint density at radius 3 is 2.81 bits per heavy atom. The average molecular weight is 358 g/mol. The molecule has 1 atom stereocenters. The maximum Gasteiger partial charge on any atom is 0.271 e. The van der Waals surface area contributed by atoms with Gasteiger partial charge in [-0.2, -0.15) is 5.10 Å². The number of rotatable bonds is 6. The molecule has 26 heavy (non-hydrogen) atoms. The maximum absolute atomic E-state index is 13.5. The van der Waals surface area contributed by atoms with Gasteiger partial charge in [-0.05, 0) is 36.6 Å². The highest BCUT2D eigenvalue weighted by Crippen LogP contribution is 2.17. The second-order valence-electron chi connectivity index (χ2n) is 6.20. The lowest BCUT2D eigenvalue weighted by molar-refractivity contribution is -0.129. The Morgan fingerprint density at radius 2 is 2.15 bits per heavy atom. The number of hydrogen-bond donors (Lipinski definition) is 2. The first-order valence-corrected chi connectivity index (χ1v) is 8.41. The predicted molar refractivity (Wildman–Crippen MR) is 92.0 cm³/mol. The molecule has 0 spiro atoms. The van der Waals surface area contributed by atoms with Crippen molar-refractivity contribution in [3.05, 3.63) is 63.8 Å². The van der Waals surface area contributed by atoms with Crippen molar-refractivity contribution >= 4 is 11.8 Å². The number of H-pyrrole nitrogens is 1. The first-order chi connectivity index (χ1) is 12.5. The van der Waals surface area contributed by atoms with Crippen molar-refractivity contribution in [3.63, 3.8) is 0 Å². The number of carbonyl (C=O) groups is 2. The van der Waals surface area contributed by atoms with Gasteiger partial charge in [-0.1, -0.05) is 12.1 Å². The summed E-state index contributed by atoms with van der Waals surface area (Å²) in [7, 11) is 0. The third-order valence-corrected chi connectivity index (χ3v) is 4.32. The molecule has 7 nitrogen and oxygen atoms in total. The monoisotopic (exact) mass is 358 g/mol. The van der Waals surface area contributed by atoms with Crippen LogP contribution in [-0.2, 0) is 11.2 Å². The quantitative estimate of drug-likeness (QED) is 0.801. The molecule has 3 rings (SSSR count). The fourth-order valence-electron chi connectivity index (χ4n) is 3.06. The molecule has 2 heterocycles. The van der Waals surface area contributed by atoms with Gasteiger partial charge in [0.1, 0.15) is 11.5 Å². The molecule has 0 saturated carbocycles. The van der Waals surface area contributed by atoms with Crippen LogP contribution in [0.3, 0.4) is 0 Å². The van der Waals surface area contributed by atoms with Crippen molar-refractivity contribution in [3.8, 4) is 0 Å². The maximum atomic E-state index is 13.5. The predicted octanol–water partition coefficient (Wildman–Crippen LogP) is 0.872. The second kappa shape index (κ2) is 7.90. The number of amides is 2. The number of likely N-dealkylation sites (tertiary alicyclic amines) is 1. The molecule has 0 bridgehead atoms. The zero-order valence-electron chi connectivity index (χ0n) is 14.1. The summed E-state index contributed by atoms with van der Waals surface area (Å²) < 4.78 is 13.5. The molecule has 1 aliphatic heterocycles. The molecular weight excluding hydrogens is 339 g/mol. The minimum Gasteiger partial charge on any atom is -0.349 e. The van der Waals surface area contributed by atoms with E-state index >= 15 is 0 Å². The normalized spacial score (nSPS) is 15.1. The highest BCUT2D eigenvalue weighted by Gasteiger charge is 2.28. The summed E-state index contributed by atoms with van der Waals surface area (Å²) >= 11 is 0. The highest BCUT2D eigenvalue weighted by molar-refractivity contribution is 5.92. The van der Waals surface area contributed by atoms with Crippen LogP contribution >= 0.6 is 0 Å². The van der Waals surface area contributed by atoms with E-state index in [0.29, 0.717) is 19.4 Å². The molecule has 0 radical (unpaired) electrons. The third kappa shape index (κ3) is 4.33. The van der Waals surface area contributed by atoms with Gasteiger partial charge < -0.3 is 10.2 Å². The summed E-state index contributed by atoms with van der Waals surface area (Å²) in [5.41, 5.74) is 0.446. The fraction of sp³-hybridized carbons (Fsp3) is 0.333. The Kier molecular flexibility index (Phi) is 5.40. The molecule has 2 aromatic rings. The summed E-state index contributed by atoms with van der Waals surface area (Å²) in [6.45, 7) is 0.827. The Hall–Kier alpha value is -3.03. The number of halogens is 1. The van der Waals surface area contributed by atoms with Crippen molar-refractivity contribution in [1.29, 1.82) is 0 Å². The summed E-state index contributed by atoms with van der Waals surface area (Å²) in [4.78, 5) is 37.1. The van der Waals surface area contributed by atoms with E-state index in [1.807, 2.05) is 0 Å². The highest BCUT2D eigenvalue weighted by atomic mass is 19.1. The van der Waals surface area contributed by atoms with Gasteiger partial charge in [-0.15, -0.1) is 0 Å². The number of nitrogens with zero attached hydrogens (tertiary/aromatic N) is 2. The Labute approximate surface area is 149 Å². The topological polar surface area (TPSA) is 95.2 Å². The third-order valence-electron chi connectivity index (χ3n) is 4.32. The van der Waals surface area contributed by atoms with Gasteiger partial charge in [0.15, 0.2) is 0 Å². The van der Waals surface area contributed by atoms with Crippen LogP contribution in [0.5, 0.6) is 0 Å². The molecule has 136 valence electrons. The van der Waals surface area contributed by atoms with E-state index in [-0.39, 0.29) is 30.0 Å². The van der Waals surface area contributed by atoms with Gasteiger partial charge in [-0.25, -0.2) is 9.49 Å². The van der Waals surface area contributed by atoms with E-state index in [9.17, 15) is 18.8 Å². The number of nitrogens with one attached hydrogen (secondary N) is 2. The molecule has 1 aromatic carbocycles. The van der Waals surface area contributed by atoms with Crippen LogP contribution in [0.4, 0.5) is 4.39 Å². The zero-order valence-corrected chi connectivity index (χ0v) is 14.1. The van der Waals surface area contributed by atoms with E-state index in [1.165, 1.54) is 24.3 Å². The van der Waals surface area contributed by atoms with Crippen molar-refractivity contribution in [1.82, 2.24) is 20.4 Å². The summed E-state index contributed by atoms with van der Waals surface area (Å²) in [5, 5.41) is 8.63. The first-order valence-electron chi connectivity index (χ1n) is 8.41. The first kappa shape index (κ1) is 17.8. The minimum absolute atomic E-state index is 0.0304.